The molecule has 3 rings (SSSR count). The number of hydrogen-bond acceptors (Lipinski definition) is 4. The van der Waals surface area contributed by atoms with Crippen LogP contribution in [-0.4, -0.2) is 16.9 Å². The summed E-state index contributed by atoms with van der Waals surface area (Å²) in [7, 11) is 0. The number of amides is 3. The molecule has 0 saturated carbocycles. The van der Waals surface area contributed by atoms with Crippen LogP contribution in [0.3, 0.4) is 0 Å². The van der Waals surface area contributed by atoms with Crippen molar-refractivity contribution < 1.29 is 14.5 Å². The number of hydrogen-bond donors (Lipinski definition) is 3. The van der Waals surface area contributed by atoms with Crippen LogP contribution in [0.25, 0.3) is 0 Å². The second-order valence-corrected chi connectivity index (χ2v) is 6.07. The Kier molecular flexibility index (Phi) is 6.16. The van der Waals surface area contributed by atoms with Crippen molar-refractivity contribution in [3.05, 3.63) is 101 Å². The molecule has 0 saturated heterocycles. The first kappa shape index (κ1) is 19.6. The van der Waals surface area contributed by atoms with Crippen LogP contribution >= 0.6 is 0 Å². The van der Waals surface area contributed by atoms with Gasteiger partial charge in [0, 0.05) is 11.8 Å². The molecule has 0 unspecified atom stereocenters. The molecule has 0 fully saturated rings. The van der Waals surface area contributed by atoms with E-state index in [2.05, 4.69) is 16.0 Å². The predicted octanol–water partition coefficient (Wildman–Crippen LogP) is 4.10. The average Bonchev–Trinajstić information content (AvgIpc) is 2.73. The highest BCUT2D eigenvalue weighted by Crippen LogP contribution is 2.23. The zero-order valence-corrected chi connectivity index (χ0v) is 15.2. The summed E-state index contributed by atoms with van der Waals surface area (Å²) in [5.74, 6) is -0.444. The maximum absolute atomic E-state index is 12.8. The zero-order valence-electron chi connectivity index (χ0n) is 15.2. The molecular formula is C21H18N4O4. The maximum Gasteiger partial charge on any atom is 0.320 e. The molecule has 0 aliphatic carbocycles. The molecule has 1 atom stereocenters. The first-order valence-corrected chi connectivity index (χ1v) is 8.76. The minimum atomic E-state index is -1.00. The molecule has 3 amide bonds. The van der Waals surface area contributed by atoms with Gasteiger partial charge in [-0.15, -0.1) is 0 Å². The summed E-state index contributed by atoms with van der Waals surface area (Å²) in [4.78, 5) is 35.9. The molecule has 3 N–H and O–H groups in total. The Morgan fingerprint density at radius 3 is 2.03 bits per heavy atom. The van der Waals surface area contributed by atoms with Crippen LogP contribution in [0.5, 0.6) is 0 Å². The van der Waals surface area contributed by atoms with Gasteiger partial charge in [-0.3, -0.25) is 14.9 Å². The van der Waals surface area contributed by atoms with Crippen molar-refractivity contribution in [3.63, 3.8) is 0 Å². The Morgan fingerprint density at radius 2 is 1.38 bits per heavy atom. The summed E-state index contributed by atoms with van der Waals surface area (Å²) in [6, 6.07) is 21.6. The van der Waals surface area contributed by atoms with Crippen molar-refractivity contribution >= 4 is 29.0 Å². The zero-order chi connectivity index (χ0) is 20.6. The Hall–Kier alpha value is -4.20. The fraction of sp³-hybridized carbons (Fsp3) is 0.0476. The highest BCUT2D eigenvalue weighted by molar-refractivity contribution is 6.00. The first-order chi connectivity index (χ1) is 14.0. The number of nitro benzene ring substituents is 1. The molecule has 146 valence electrons. The molecular weight excluding hydrogens is 372 g/mol. The Labute approximate surface area is 166 Å². The number of para-hydroxylation sites is 3. The molecule has 0 radical (unpaired) electrons. The summed E-state index contributed by atoms with van der Waals surface area (Å²) in [6.07, 6.45) is 0. The van der Waals surface area contributed by atoms with Crippen molar-refractivity contribution in [2.24, 2.45) is 0 Å². The van der Waals surface area contributed by atoms with Crippen LogP contribution in [0.1, 0.15) is 11.6 Å². The lowest BCUT2D eigenvalue weighted by atomic mass is 10.1. The SMILES string of the molecule is O=C(Nc1ccccc1[N+](=O)[O-])N[C@@H](C(=O)Nc1ccccc1)c1ccccc1. The molecule has 3 aromatic rings. The molecule has 0 bridgehead atoms. The van der Waals surface area contributed by atoms with E-state index in [1.807, 2.05) is 6.07 Å². The minimum absolute atomic E-state index is 0.0327. The van der Waals surface area contributed by atoms with E-state index in [4.69, 9.17) is 0 Å². The summed E-state index contributed by atoms with van der Waals surface area (Å²) in [6.45, 7) is 0. The molecule has 29 heavy (non-hydrogen) atoms. The molecule has 8 heteroatoms. The number of nitrogens with one attached hydrogen (secondary N) is 3. The van der Waals surface area contributed by atoms with E-state index in [0.29, 0.717) is 11.3 Å². The molecule has 0 aromatic heterocycles. The van der Waals surface area contributed by atoms with Gasteiger partial charge in [0.15, 0.2) is 0 Å². The van der Waals surface area contributed by atoms with Crippen LogP contribution in [0.2, 0.25) is 0 Å². The summed E-state index contributed by atoms with van der Waals surface area (Å²) in [5.41, 5.74) is 0.941. The lowest BCUT2D eigenvalue weighted by Crippen LogP contribution is -2.39. The fourth-order valence-corrected chi connectivity index (χ4v) is 2.71. The number of urea groups is 1. The van der Waals surface area contributed by atoms with Crippen LogP contribution in [0, 0.1) is 10.1 Å². The van der Waals surface area contributed by atoms with Gasteiger partial charge in [0.2, 0.25) is 0 Å². The number of nitro groups is 1. The lowest BCUT2D eigenvalue weighted by molar-refractivity contribution is -0.383. The van der Waals surface area contributed by atoms with Crippen LogP contribution in [0.4, 0.5) is 21.9 Å². The number of carbonyl (C=O) groups excluding carboxylic acids is 2. The van der Waals surface area contributed by atoms with Gasteiger partial charge in [0.25, 0.3) is 11.6 Å². The van der Waals surface area contributed by atoms with Gasteiger partial charge in [0.1, 0.15) is 11.7 Å². The molecule has 8 nitrogen and oxygen atoms in total. The Balaban J connectivity index is 1.79. The van der Waals surface area contributed by atoms with Crippen molar-refractivity contribution in [2.45, 2.75) is 6.04 Å². The van der Waals surface area contributed by atoms with Crippen LogP contribution in [0.15, 0.2) is 84.9 Å². The Morgan fingerprint density at radius 1 is 0.793 bits per heavy atom. The Bertz CT molecular complexity index is 1010. The topological polar surface area (TPSA) is 113 Å². The lowest BCUT2D eigenvalue weighted by Gasteiger charge is -2.19. The van der Waals surface area contributed by atoms with Crippen LogP contribution in [-0.2, 0) is 4.79 Å². The predicted molar refractivity (Wildman–Crippen MR) is 110 cm³/mol. The summed E-state index contributed by atoms with van der Waals surface area (Å²) in [5, 5.41) is 18.9. The fourth-order valence-electron chi connectivity index (χ4n) is 2.71. The van der Waals surface area contributed by atoms with E-state index in [1.165, 1.54) is 18.2 Å². The second kappa shape index (κ2) is 9.14. The summed E-state index contributed by atoms with van der Waals surface area (Å²) >= 11 is 0. The van der Waals surface area contributed by atoms with Gasteiger partial charge >= 0.3 is 6.03 Å². The third-order valence-corrected chi connectivity index (χ3v) is 4.06. The van der Waals surface area contributed by atoms with Crippen molar-refractivity contribution in [1.29, 1.82) is 0 Å². The number of nitrogens with zero attached hydrogens (tertiary/aromatic N) is 1. The first-order valence-electron chi connectivity index (χ1n) is 8.76. The molecule has 0 spiro atoms. The number of anilines is 2. The quantitative estimate of drug-likeness (QED) is 0.434. The smallest absolute Gasteiger partial charge is 0.320 e. The number of carbonyl (C=O) groups is 2. The average molecular weight is 390 g/mol. The van der Waals surface area contributed by atoms with Gasteiger partial charge in [-0.2, -0.15) is 0 Å². The highest BCUT2D eigenvalue weighted by atomic mass is 16.6. The van der Waals surface area contributed by atoms with Gasteiger partial charge in [-0.1, -0.05) is 60.7 Å². The monoisotopic (exact) mass is 390 g/mol. The van der Waals surface area contributed by atoms with E-state index < -0.39 is 22.9 Å². The third-order valence-electron chi connectivity index (χ3n) is 4.06. The number of rotatable bonds is 6. The standard InChI is InChI=1S/C21H18N4O4/c26-20(22-16-11-5-2-6-12-16)19(15-9-3-1-4-10-15)24-21(27)23-17-13-7-8-14-18(17)25(28)29/h1-14,19H,(H,22,26)(H2,23,24,27)/t19-/m1/s1. The third kappa shape index (κ3) is 5.16. The van der Waals surface area contributed by atoms with E-state index in [9.17, 15) is 19.7 Å². The van der Waals surface area contributed by atoms with Crippen LogP contribution < -0.4 is 16.0 Å². The van der Waals surface area contributed by atoms with Crippen molar-refractivity contribution in [2.75, 3.05) is 10.6 Å². The van der Waals surface area contributed by atoms with E-state index >= 15 is 0 Å². The molecule has 3 aromatic carbocycles. The van der Waals surface area contributed by atoms with Gasteiger partial charge in [-0.25, -0.2) is 4.79 Å². The van der Waals surface area contributed by atoms with Crippen molar-refractivity contribution in [1.82, 2.24) is 5.32 Å². The minimum Gasteiger partial charge on any atom is -0.324 e. The largest absolute Gasteiger partial charge is 0.324 e. The molecule has 0 aliphatic rings. The van der Waals surface area contributed by atoms with Gasteiger partial charge in [-0.05, 0) is 23.8 Å². The normalized spacial score (nSPS) is 11.2. The van der Waals surface area contributed by atoms with Gasteiger partial charge < -0.3 is 16.0 Å². The maximum atomic E-state index is 12.8. The van der Waals surface area contributed by atoms with E-state index in [-0.39, 0.29) is 11.4 Å². The second-order valence-electron chi connectivity index (χ2n) is 6.07. The number of benzene rings is 3. The summed E-state index contributed by atoms with van der Waals surface area (Å²) < 4.78 is 0. The van der Waals surface area contributed by atoms with E-state index in [0.717, 1.165) is 0 Å². The van der Waals surface area contributed by atoms with Crippen molar-refractivity contribution in [3.8, 4) is 0 Å². The molecule has 0 heterocycles. The highest BCUT2D eigenvalue weighted by Gasteiger charge is 2.24. The van der Waals surface area contributed by atoms with E-state index in [1.54, 1.807) is 60.7 Å². The van der Waals surface area contributed by atoms with Gasteiger partial charge in [0.05, 0.1) is 4.92 Å². The molecule has 0 aliphatic heterocycles.